The smallest absolute Gasteiger partial charge is 0.314 e. The Morgan fingerprint density at radius 3 is 1.61 bits per heavy atom. The molecule has 0 heterocycles. The minimum atomic E-state index is -1.19. The maximum Gasteiger partial charge on any atom is 0.314 e. The number of hydrogen-bond acceptors (Lipinski definition) is 4. The fourth-order valence-electron chi connectivity index (χ4n) is 4.20. The average Bonchev–Trinajstić information content (AvgIpc) is 2.76. The van der Waals surface area contributed by atoms with E-state index in [0.717, 1.165) is 38.5 Å². The monoisotopic (exact) mass is 460 g/mol. The van der Waals surface area contributed by atoms with Gasteiger partial charge in [0.25, 0.3) is 0 Å². The SMILES string of the molecule is CC=CC(CCCCCCC)C(CCC)(OC)C(OCCC)(OCCC)OCCC.[SiH4]. The van der Waals surface area contributed by atoms with Gasteiger partial charge in [-0.15, -0.1) is 0 Å². The summed E-state index contributed by atoms with van der Waals surface area (Å²) in [6.45, 7) is 14.7. The number of hydrogen-bond donors (Lipinski definition) is 0. The highest BCUT2D eigenvalue weighted by molar-refractivity contribution is 5.75. The Hall–Kier alpha value is -0.203. The van der Waals surface area contributed by atoms with Gasteiger partial charge in [0.1, 0.15) is 0 Å². The summed E-state index contributed by atoms with van der Waals surface area (Å²) < 4.78 is 25.8. The molecule has 0 saturated carbocycles. The Bertz CT molecular complexity index is 394. The zero-order valence-electron chi connectivity index (χ0n) is 21.3. The zero-order chi connectivity index (χ0) is 22.7. The average molecular weight is 461 g/mol. The summed E-state index contributed by atoms with van der Waals surface area (Å²) in [6, 6.07) is 0. The summed E-state index contributed by atoms with van der Waals surface area (Å²) in [4.78, 5) is 0. The highest BCUT2D eigenvalue weighted by Gasteiger charge is 2.59. The second-order valence-electron chi connectivity index (χ2n) is 8.28. The third-order valence-electron chi connectivity index (χ3n) is 5.63. The van der Waals surface area contributed by atoms with Gasteiger partial charge in [0.15, 0.2) is 5.60 Å². The molecule has 0 aromatic heterocycles. The molecule has 0 aliphatic carbocycles. The normalized spacial score (nSPS) is 15.1. The number of ether oxygens (including phenoxy) is 4. The van der Waals surface area contributed by atoms with Crippen LogP contribution in [0.25, 0.3) is 0 Å². The van der Waals surface area contributed by atoms with Crippen LogP contribution in [0.1, 0.15) is 112 Å². The third kappa shape index (κ3) is 10.5. The molecule has 0 aromatic rings. The van der Waals surface area contributed by atoms with Crippen molar-refractivity contribution < 1.29 is 18.9 Å². The molecule has 0 fully saturated rings. The van der Waals surface area contributed by atoms with Crippen LogP contribution in [-0.2, 0) is 18.9 Å². The van der Waals surface area contributed by atoms with Crippen LogP contribution in [0.4, 0.5) is 0 Å². The van der Waals surface area contributed by atoms with Crippen molar-refractivity contribution >= 4 is 11.0 Å². The van der Waals surface area contributed by atoms with Crippen molar-refractivity contribution in [3.63, 3.8) is 0 Å². The summed E-state index contributed by atoms with van der Waals surface area (Å²) in [5, 5.41) is 0. The van der Waals surface area contributed by atoms with Crippen LogP contribution in [0.15, 0.2) is 12.2 Å². The maximum absolute atomic E-state index is 6.46. The van der Waals surface area contributed by atoms with E-state index in [4.69, 9.17) is 18.9 Å². The van der Waals surface area contributed by atoms with Crippen molar-refractivity contribution in [3.8, 4) is 0 Å². The van der Waals surface area contributed by atoms with Crippen LogP contribution in [0.5, 0.6) is 0 Å². The molecule has 0 rings (SSSR count). The first kappa shape index (κ1) is 33.0. The molecule has 0 radical (unpaired) electrons. The summed E-state index contributed by atoms with van der Waals surface area (Å²) in [5.74, 6) is -1.02. The lowest BCUT2D eigenvalue weighted by atomic mass is 9.77. The van der Waals surface area contributed by atoms with Gasteiger partial charge in [-0.1, -0.05) is 85.3 Å². The molecule has 0 aliphatic rings. The molecule has 31 heavy (non-hydrogen) atoms. The van der Waals surface area contributed by atoms with E-state index in [0.29, 0.717) is 19.8 Å². The Labute approximate surface area is 198 Å². The summed E-state index contributed by atoms with van der Waals surface area (Å²) in [5.41, 5.74) is -0.682. The summed E-state index contributed by atoms with van der Waals surface area (Å²) >= 11 is 0. The lowest BCUT2D eigenvalue weighted by molar-refractivity contribution is -0.452. The third-order valence-corrected chi connectivity index (χ3v) is 5.63. The van der Waals surface area contributed by atoms with E-state index in [-0.39, 0.29) is 16.9 Å². The molecule has 0 bridgehead atoms. The number of methoxy groups -OCH3 is 1. The molecular formula is C26H56O4Si. The topological polar surface area (TPSA) is 36.9 Å². The minimum Gasteiger partial charge on any atom is -0.369 e. The lowest BCUT2D eigenvalue weighted by Gasteiger charge is -2.51. The zero-order valence-corrected chi connectivity index (χ0v) is 21.3. The molecule has 0 N–H and O–H groups in total. The van der Waals surface area contributed by atoms with E-state index in [9.17, 15) is 0 Å². The van der Waals surface area contributed by atoms with E-state index in [1.54, 1.807) is 7.11 Å². The molecule has 0 saturated heterocycles. The number of unbranched alkanes of at least 4 members (excludes halogenated alkanes) is 4. The Morgan fingerprint density at radius 1 is 0.710 bits per heavy atom. The molecule has 0 aromatic carbocycles. The molecule has 0 amide bonds. The van der Waals surface area contributed by atoms with Gasteiger partial charge in [-0.3, -0.25) is 0 Å². The van der Waals surface area contributed by atoms with Crippen molar-refractivity contribution in [2.75, 3.05) is 26.9 Å². The van der Waals surface area contributed by atoms with Gasteiger partial charge >= 0.3 is 5.97 Å². The van der Waals surface area contributed by atoms with Gasteiger partial charge in [0, 0.05) is 13.0 Å². The standard InChI is InChI=1S/C26H52O4.H4Si/c1-8-14-15-16-17-19-24(18-9-2)25(27-7,20-10-3)26(28-21-11-4,29-22-12-5)30-23-13-6;/h9,18,24H,8,10-17,19-23H2,1-7H3;1H4. The minimum absolute atomic E-state index is 0. The van der Waals surface area contributed by atoms with Crippen LogP contribution < -0.4 is 0 Å². The van der Waals surface area contributed by atoms with Gasteiger partial charge in [-0.25, -0.2) is 0 Å². The first-order chi connectivity index (χ1) is 14.6. The van der Waals surface area contributed by atoms with Crippen LogP contribution in [0.3, 0.4) is 0 Å². The largest absolute Gasteiger partial charge is 0.369 e. The van der Waals surface area contributed by atoms with Crippen LogP contribution in [0.2, 0.25) is 0 Å². The fraction of sp³-hybridized carbons (Fsp3) is 0.923. The fourth-order valence-corrected chi connectivity index (χ4v) is 4.20. The molecule has 0 aliphatic heterocycles. The summed E-state index contributed by atoms with van der Waals surface area (Å²) in [7, 11) is 1.80. The van der Waals surface area contributed by atoms with Gasteiger partial charge in [0.2, 0.25) is 0 Å². The number of allylic oxidation sites excluding steroid dienone is 1. The van der Waals surface area contributed by atoms with Gasteiger partial charge in [0.05, 0.1) is 19.8 Å². The van der Waals surface area contributed by atoms with Crippen molar-refractivity contribution in [1.29, 1.82) is 0 Å². The second kappa shape index (κ2) is 20.4. The summed E-state index contributed by atoms with van der Waals surface area (Å²) in [6.07, 6.45) is 16.3. The van der Waals surface area contributed by atoms with Crippen molar-refractivity contribution in [2.24, 2.45) is 5.92 Å². The Kier molecular flexibility index (Phi) is 21.7. The first-order valence-electron chi connectivity index (χ1n) is 12.7. The molecule has 4 nitrogen and oxygen atoms in total. The highest BCUT2D eigenvalue weighted by Crippen LogP contribution is 2.45. The van der Waals surface area contributed by atoms with E-state index < -0.39 is 11.6 Å². The lowest BCUT2D eigenvalue weighted by Crippen LogP contribution is -2.64. The number of rotatable bonds is 21. The molecule has 0 spiro atoms. The highest BCUT2D eigenvalue weighted by atomic mass is 28.1. The molecular weight excluding hydrogens is 404 g/mol. The first-order valence-corrected chi connectivity index (χ1v) is 12.7. The maximum atomic E-state index is 6.46. The Balaban J connectivity index is 0. The molecule has 5 heteroatoms. The van der Waals surface area contributed by atoms with E-state index in [1.165, 1.54) is 32.1 Å². The molecule has 2 atom stereocenters. The predicted octanol–water partition coefficient (Wildman–Crippen LogP) is 6.21. The van der Waals surface area contributed by atoms with E-state index >= 15 is 0 Å². The van der Waals surface area contributed by atoms with Crippen LogP contribution in [-0.4, -0.2) is 49.5 Å². The van der Waals surface area contributed by atoms with E-state index in [1.807, 2.05) is 0 Å². The van der Waals surface area contributed by atoms with Crippen LogP contribution >= 0.6 is 0 Å². The predicted molar refractivity (Wildman–Crippen MR) is 139 cm³/mol. The Morgan fingerprint density at radius 2 is 1.23 bits per heavy atom. The van der Waals surface area contributed by atoms with Crippen molar-refractivity contribution in [2.45, 2.75) is 124 Å². The van der Waals surface area contributed by atoms with Gasteiger partial charge in [-0.2, -0.15) is 0 Å². The molecule has 188 valence electrons. The van der Waals surface area contributed by atoms with Gasteiger partial charge < -0.3 is 18.9 Å². The van der Waals surface area contributed by atoms with Gasteiger partial charge in [-0.05, 0) is 50.0 Å². The van der Waals surface area contributed by atoms with Crippen LogP contribution in [0, 0.1) is 5.92 Å². The second-order valence-corrected chi connectivity index (χ2v) is 8.28. The van der Waals surface area contributed by atoms with Crippen molar-refractivity contribution in [3.05, 3.63) is 12.2 Å². The van der Waals surface area contributed by atoms with E-state index in [2.05, 4.69) is 53.7 Å². The molecule has 2 unspecified atom stereocenters. The quantitative estimate of drug-likeness (QED) is 0.0883. The van der Waals surface area contributed by atoms with Crippen molar-refractivity contribution in [1.82, 2.24) is 0 Å².